The molecule has 2 aromatic rings. The number of carbonyl (C=O) groups is 1. The van der Waals surface area contributed by atoms with Crippen molar-refractivity contribution in [1.82, 2.24) is 4.98 Å². The van der Waals surface area contributed by atoms with E-state index in [0.29, 0.717) is 11.4 Å². The molecule has 0 saturated heterocycles. The summed E-state index contributed by atoms with van der Waals surface area (Å²) in [6.45, 7) is 2.09. The number of nitrogens with zero attached hydrogens (tertiary/aromatic N) is 2. The number of anilines is 1. The summed E-state index contributed by atoms with van der Waals surface area (Å²) in [6.07, 6.45) is 2.65. The van der Waals surface area contributed by atoms with Crippen molar-refractivity contribution in [3.63, 3.8) is 0 Å². The third-order valence-electron chi connectivity index (χ3n) is 2.97. The van der Waals surface area contributed by atoms with Crippen molar-refractivity contribution in [1.29, 1.82) is 0 Å². The molecule has 0 N–H and O–H groups in total. The molecule has 2 rings (SSSR count). The Labute approximate surface area is 121 Å². The van der Waals surface area contributed by atoms with Crippen LogP contribution in [0.25, 0.3) is 0 Å². The molecule has 98 valence electrons. The number of benzene rings is 1. The van der Waals surface area contributed by atoms with Crippen LogP contribution < -0.4 is 4.90 Å². The second kappa shape index (κ2) is 5.97. The van der Waals surface area contributed by atoms with Crippen LogP contribution in [0.5, 0.6) is 0 Å². The van der Waals surface area contributed by atoms with Gasteiger partial charge in [-0.25, -0.2) is 4.98 Å². The minimum atomic E-state index is -0.0579. The van der Waals surface area contributed by atoms with Crippen molar-refractivity contribution in [2.45, 2.75) is 13.3 Å². The smallest absolute Gasteiger partial charge is 0.259 e. The molecule has 3 nitrogen and oxygen atoms in total. The minimum absolute atomic E-state index is 0.0579. The lowest BCUT2D eigenvalue weighted by Crippen LogP contribution is -2.26. The molecular weight excluding hydrogens is 304 g/mol. The fourth-order valence-corrected chi connectivity index (χ4v) is 1.98. The Morgan fingerprint density at radius 3 is 2.42 bits per heavy atom. The largest absolute Gasteiger partial charge is 0.296 e. The summed E-state index contributed by atoms with van der Waals surface area (Å²) < 4.78 is 0.893. The van der Waals surface area contributed by atoms with Crippen LogP contribution in [0.1, 0.15) is 22.8 Å². The number of pyridine rings is 1. The molecule has 0 radical (unpaired) electrons. The fraction of sp³-hybridized carbons (Fsp3) is 0.200. The van der Waals surface area contributed by atoms with E-state index in [1.807, 2.05) is 36.4 Å². The van der Waals surface area contributed by atoms with E-state index in [0.717, 1.165) is 10.9 Å². The predicted octanol–water partition coefficient (Wildman–Crippen LogP) is 3.68. The number of aromatic nitrogens is 1. The first kappa shape index (κ1) is 13.7. The highest BCUT2D eigenvalue weighted by Gasteiger charge is 2.14. The van der Waals surface area contributed by atoms with Crippen LogP contribution in [-0.2, 0) is 6.42 Å². The Hall–Kier alpha value is -1.68. The molecule has 0 spiro atoms. The van der Waals surface area contributed by atoms with Crippen LogP contribution in [-0.4, -0.2) is 17.9 Å². The van der Waals surface area contributed by atoms with Gasteiger partial charge in [-0.1, -0.05) is 19.1 Å². The van der Waals surface area contributed by atoms with Crippen molar-refractivity contribution >= 4 is 27.7 Å². The normalized spacial score (nSPS) is 10.3. The van der Waals surface area contributed by atoms with E-state index in [2.05, 4.69) is 27.8 Å². The average molecular weight is 319 g/mol. The second-order valence-electron chi connectivity index (χ2n) is 4.25. The fourth-order valence-electron chi connectivity index (χ4n) is 1.75. The molecule has 1 heterocycles. The van der Waals surface area contributed by atoms with E-state index in [9.17, 15) is 4.79 Å². The van der Waals surface area contributed by atoms with Gasteiger partial charge in [0.15, 0.2) is 0 Å². The molecule has 4 heteroatoms. The molecule has 0 fully saturated rings. The molecule has 0 saturated carbocycles. The summed E-state index contributed by atoms with van der Waals surface area (Å²) in [7, 11) is 1.73. The van der Waals surface area contributed by atoms with Crippen LogP contribution in [0.3, 0.4) is 0 Å². The number of hydrogen-bond acceptors (Lipinski definition) is 2. The van der Waals surface area contributed by atoms with Gasteiger partial charge in [0.25, 0.3) is 5.91 Å². The Morgan fingerprint density at radius 1 is 1.21 bits per heavy atom. The SMILES string of the molecule is CCc1ccc(C(=O)N(C)c2ccc(Br)cn2)cc1. The van der Waals surface area contributed by atoms with Gasteiger partial charge in [-0.15, -0.1) is 0 Å². The van der Waals surface area contributed by atoms with E-state index >= 15 is 0 Å². The molecule has 1 amide bonds. The zero-order valence-electron chi connectivity index (χ0n) is 10.9. The molecule has 0 aliphatic carbocycles. The van der Waals surface area contributed by atoms with Gasteiger partial charge in [0.05, 0.1) is 0 Å². The van der Waals surface area contributed by atoms with Gasteiger partial charge in [-0.05, 0) is 52.2 Å². The van der Waals surface area contributed by atoms with Gasteiger partial charge in [-0.2, -0.15) is 0 Å². The number of hydrogen-bond donors (Lipinski definition) is 0. The summed E-state index contributed by atoms with van der Waals surface area (Å²) in [4.78, 5) is 18.1. The molecule has 0 aliphatic rings. The summed E-state index contributed by atoms with van der Waals surface area (Å²) in [6, 6.07) is 11.4. The first-order chi connectivity index (χ1) is 9.11. The Bertz CT molecular complexity index is 564. The molecule has 0 atom stereocenters. The molecule has 19 heavy (non-hydrogen) atoms. The monoisotopic (exact) mass is 318 g/mol. The molecule has 1 aromatic carbocycles. The minimum Gasteiger partial charge on any atom is -0.296 e. The average Bonchev–Trinajstić information content (AvgIpc) is 2.46. The third-order valence-corrected chi connectivity index (χ3v) is 3.44. The topological polar surface area (TPSA) is 33.2 Å². The number of aryl methyl sites for hydroxylation is 1. The molecule has 1 aromatic heterocycles. The first-order valence-corrected chi connectivity index (χ1v) is 6.89. The van der Waals surface area contributed by atoms with Gasteiger partial charge in [0.2, 0.25) is 0 Å². The van der Waals surface area contributed by atoms with E-state index in [-0.39, 0.29) is 5.91 Å². The lowest BCUT2D eigenvalue weighted by atomic mass is 10.1. The number of amides is 1. The zero-order chi connectivity index (χ0) is 13.8. The van der Waals surface area contributed by atoms with Crippen molar-refractivity contribution in [2.24, 2.45) is 0 Å². The third kappa shape index (κ3) is 3.20. The second-order valence-corrected chi connectivity index (χ2v) is 5.16. The number of carbonyl (C=O) groups excluding carboxylic acids is 1. The summed E-state index contributed by atoms with van der Waals surface area (Å²) >= 11 is 3.33. The molecule has 0 bridgehead atoms. The maximum Gasteiger partial charge on any atom is 0.259 e. The van der Waals surface area contributed by atoms with Gasteiger partial charge in [0.1, 0.15) is 5.82 Å². The van der Waals surface area contributed by atoms with Crippen molar-refractivity contribution in [3.8, 4) is 0 Å². The maximum absolute atomic E-state index is 12.3. The van der Waals surface area contributed by atoms with Gasteiger partial charge in [0, 0.05) is 23.3 Å². The molecule has 0 aliphatic heterocycles. The van der Waals surface area contributed by atoms with Gasteiger partial charge in [-0.3, -0.25) is 9.69 Å². The van der Waals surface area contributed by atoms with Crippen LogP contribution in [0, 0.1) is 0 Å². The zero-order valence-corrected chi connectivity index (χ0v) is 12.5. The van der Waals surface area contributed by atoms with Crippen LogP contribution in [0.4, 0.5) is 5.82 Å². The number of halogens is 1. The van der Waals surface area contributed by atoms with E-state index < -0.39 is 0 Å². The number of rotatable bonds is 3. The highest BCUT2D eigenvalue weighted by molar-refractivity contribution is 9.10. The van der Waals surface area contributed by atoms with Crippen LogP contribution in [0.15, 0.2) is 47.1 Å². The Kier molecular flexibility index (Phi) is 4.32. The van der Waals surface area contributed by atoms with Crippen LogP contribution >= 0.6 is 15.9 Å². The molecular formula is C15H15BrN2O. The maximum atomic E-state index is 12.3. The van der Waals surface area contributed by atoms with Gasteiger partial charge < -0.3 is 0 Å². The lowest BCUT2D eigenvalue weighted by Gasteiger charge is -2.16. The van der Waals surface area contributed by atoms with Crippen molar-refractivity contribution in [2.75, 3.05) is 11.9 Å². The quantitative estimate of drug-likeness (QED) is 0.864. The highest BCUT2D eigenvalue weighted by atomic mass is 79.9. The summed E-state index contributed by atoms with van der Waals surface area (Å²) in [5.74, 6) is 0.574. The first-order valence-electron chi connectivity index (χ1n) is 6.10. The Morgan fingerprint density at radius 2 is 1.89 bits per heavy atom. The lowest BCUT2D eigenvalue weighted by molar-refractivity contribution is 0.0992. The molecule has 0 unspecified atom stereocenters. The van der Waals surface area contributed by atoms with Crippen LogP contribution in [0.2, 0.25) is 0 Å². The standard InChI is InChI=1S/C15H15BrN2O/c1-3-11-4-6-12(7-5-11)15(19)18(2)14-9-8-13(16)10-17-14/h4-10H,3H2,1-2H3. The Balaban J connectivity index is 2.20. The summed E-state index contributed by atoms with van der Waals surface area (Å²) in [5.41, 5.74) is 1.89. The summed E-state index contributed by atoms with van der Waals surface area (Å²) in [5, 5.41) is 0. The van der Waals surface area contributed by atoms with Gasteiger partial charge >= 0.3 is 0 Å². The van der Waals surface area contributed by atoms with Crippen molar-refractivity contribution in [3.05, 3.63) is 58.2 Å². The van der Waals surface area contributed by atoms with E-state index in [1.54, 1.807) is 18.1 Å². The van der Waals surface area contributed by atoms with E-state index in [4.69, 9.17) is 0 Å². The van der Waals surface area contributed by atoms with Crippen molar-refractivity contribution < 1.29 is 4.79 Å². The predicted molar refractivity (Wildman–Crippen MR) is 80.5 cm³/mol. The highest BCUT2D eigenvalue weighted by Crippen LogP contribution is 2.16. The van der Waals surface area contributed by atoms with E-state index in [1.165, 1.54) is 5.56 Å².